The van der Waals surface area contributed by atoms with E-state index in [1.807, 2.05) is 0 Å². The summed E-state index contributed by atoms with van der Waals surface area (Å²) >= 11 is 0. The van der Waals surface area contributed by atoms with Crippen molar-refractivity contribution in [3.05, 3.63) is 0 Å². The van der Waals surface area contributed by atoms with Crippen LogP contribution in [0.4, 0.5) is 0 Å². The molecule has 2 aliphatic heterocycles. The molecule has 104 valence electrons. The summed E-state index contributed by atoms with van der Waals surface area (Å²) < 4.78 is 0. The number of rotatable bonds is 2. The van der Waals surface area contributed by atoms with Crippen LogP contribution in [-0.2, 0) is 29.1 Å². The van der Waals surface area contributed by atoms with Crippen LogP contribution >= 0.6 is 0 Å². The molecule has 0 radical (unpaired) electrons. The molecule has 2 heterocycles. The van der Waals surface area contributed by atoms with Gasteiger partial charge in [0, 0.05) is 0 Å². The number of nitrogens with one attached hydrogen (secondary N) is 2. The smallest absolute Gasteiger partial charge is 0.548 e. The van der Waals surface area contributed by atoms with Gasteiger partial charge in [-0.15, -0.1) is 0 Å². The third-order valence-corrected chi connectivity index (χ3v) is 2.89. The molecule has 4 atom stereocenters. The normalized spacial score (nSPS) is 32.9. The fourth-order valence-electron chi connectivity index (χ4n) is 1.86. The van der Waals surface area contributed by atoms with Crippen molar-refractivity contribution in [1.82, 2.24) is 10.6 Å². The van der Waals surface area contributed by atoms with E-state index in [0.717, 1.165) is 0 Å². The maximum atomic E-state index is 10.1. The maximum Gasteiger partial charge on any atom is 2.00 e. The minimum atomic E-state index is -1.22. The van der Waals surface area contributed by atoms with E-state index in [9.17, 15) is 19.8 Å². The van der Waals surface area contributed by atoms with Gasteiger partial charge in [-0.3, -0.25) is 0 Å². The molecule has 0 spiro atoms. The second-order valence-corrected chi connectivity index (χ2v) is 4.21. The first-order valence-corrected chi connectivity index (χ1v) is 5.68. The third-order valence-electron chi connectivity index (χ3n) is 2.89. The zero-order chi connectivity index (χ0) is 13.7. The third kappa shape index (κ3) is 5.50. The van der Waals surface area contributed by atoms with E-state index in [2.05, 4.69) is 10.6 Å². The van der Waals surface area contributed by atoms with Gasteiger partial charge in [-0.2, -0.15) is 0 Å². The number of carboxylic acid groups (broad SMARTS) is 2. The summed E-state index contributed by atoms with van der Waals surface area (Å²) in [6, 6.07) is -1.71. The Morgan fingerprint density at radius 1 is 0.895 bits per heavy atom. The van der Waals surface area contributed by atoms with Crippen LogP contribution in [0.2, 0.25) is 0 Å². The van der Waals surface area contributed by atoms with Crippen molar-refractivity contribution in [1.29, 1.82) is 0 Å². The van der Waals surface area contributed by atoms with E-state index in [0.29, 0.717) is 25.9 Å². The Morgan fingerprint density at radius 3 is 1.32 bits per heavy atom. The Bertz CT molecular complexity index is 286. The molecule has 4 N–H and O–H groups in total. The molecule has 1 unspecified atom stereocenters. The van der Waals surface area contributed by atoms with Crippen molar-refractivity contribution in [3.63, 3.8) is 0 Å². The monoisotopic (exact) mass is 324 g/mol. The molecular formula is C10H16N2O6Zn. The average molecular weight is 326 g/mol. The van der Waals surface area contributed by atoms with E-state index in [4.69, 9.17) is 10.2 Å². The van der Waals surface area contributed by atoms with Gasteiger partial charge in [-0.1, -0.05) is 0 Å². The second-order valence-electron chi connectivity index (χ2n) is 4.21. The van der Waals surface area contributed by atoms with Gasteiger partial charge in [0.1, 0.15) is 0 Å². The Kier molecular flexibility index (Phi) is 8.28. The first kappa shape index (κ1) is 18.4. The van der Waals surface area contributed by atoms with E-state index >= 15 is 0 Å². The van der Waals surface area contributed by atoms with Gasteiger partial charge in [0.2, 0.25) is 0 Å². The topological polar surface area (TPSA) is 145 Å². The fraction of sp³-hybridized carbons (Fsp3) is 0.800. The quantitative estimate of drug-likeness (QED) is 0.369. The number of hydrogen-bond donors (Lipinski definition) is 4. The summed E-state index contributed by atoms with van der Waals surface area (Å²) in [6.45, 7) is 1.11. The summed E-state index contributed by atoms with van der Waals surface area (Å²) in [5, 5.41) is 43.1. The summed E-state index contributed by atoms with van der Waals surface area (Å²) in [7, 11) is 0. The molecule has 0 aliphatic carbocycles. The van der Waals surface area contributed by atoms with Gasteiger partial charge >= 0.3 is 19.5 Å². The zero-order valence-corrected chi connectivity index (χ0v) is 13.3. The van der Waals surface area contributed by atoms with E-state index in [-0.39, 0.29) is 19.5 Å². The molecule has 0 bridgehead atoms. The van der Waals surface area contributed by atoms with Crippen molar-refractivity contribution in [3.8, 4) is 0 Å². The molecule has 2 saturated heterocycles. The SMILES string of the molecule is O=C([O-])[C@H]1NCCC1O.O=C([O-])[C@H]1NCC[C@@H]1O.[Zn+2]. The van der Waals surface area contributed by atoms with Crippen LogP contribution in [0.5, 0.6) is 0 Å². The molecule has 0 aromatic carbocycles. The Labute approximate surface area is 123 Å². The molecule has 19 heavy (non-hydrogen) atoms. The number of carbonyl (C=O) groups excluding carboxylic acids is 2. The molecule has 2 fully saturated rings. The largest absolute Gasteiger partial charge is 2.00 e. The van der Waals surface area contributed by atoms with Gasteiger partial charge in [0.05, 0.1) is 36.2 Å². The van der Waals surface area contributed by atoms with Crippen LogP contribution in [0, 0.1) is 0 Å². The van der Waals surface area contributed by atoms with Crippen LogP contribution in [-0.4, -0.2) is 59.5 Å². The predicted octanol–water partition coefficient (Wildman–Crippen LogP) is -5.08. The number of hydrogen-bond acceptors (Lipinski definition) is 8. The van der Waals surface area contributed by atoms with Crippen molar-refractivity contribution in [2.45, 2.75) is 37.1 Å². The number of aliphatic hydroxyl groups excluding tert-OH is 2. The number of carboxylic acids is 2. The van der Waals surface area contributed by atoms with Crippen LogP contribution < -0.4 is 20.8 Å². The van der Waals surface area contributed by atoms with Crippen molar-refractivity contribution >= 4 is 11.9 Å². The molecule has 0 saturated carbocycles. The number of aliphatic carboxylic acids is 2. The van der Waals surface area contributed by atoms with E-state index in [1.54, 1.807) is 0 Å². The standard InChI is InChI=1S/2C5H9NO3.Zn/c2*7-3-1-2-6-4(3)5(8)9;/h2*3-4,6-7H,1-2H2,(H,8,9);/q;;+2/p-2/t3?,4-;3-,4-;/m00./s1. The molecule has 2 rings (SSSR count). The molecule has 0 aromatic heterocycles. The molecular weight excluding hydrogens is 310 g/mol. The van der Waals surface area contributed by atoms with E-state index < -0.39 is 36.2 Å². The average Bonchev–Trinajstić information content (AvgIpc) is 2.87. The van der Waals surface area contributed by atoms with Gasteiger partial charge in [-0.05, 0) is 25.9 Å². The predicted molar refractivity (Wildman–Crippen MR) is 54.8 cm³/mol. The Hall–Kier alpha value is -0.597. The van der Waals surface area contributed by atoms with Crippen LogP contribution in [0.25, 0.3) is 0 Å². The van der Waals surface area contributed by atoms with Crippen LogP contribution in [0.15, 0.2) is 0 Å². The van der Waals surface area contributed by atoms with E-state index in [1.165, 1.54) is 0 Å². The Morgan fingerprint density at radius 2 is 1.21 bits per heavy atom. The molecule has 9 heteroatoms. The minimum Gasteiger partial charge on any atom is -0.548 e. The maximum absolute atomic E-state index is 10.1. The first-order valence-electron chi connectivity index (χ1n) is 5.68. The molecule has 0 aromatic rings. The van der Waals surface area contributed by atoms with Crippen molar-refractivity contribution in [2.75, 3.05) is 13.1 Å². The van der Waals surface area contributed by atoms with Crippen molar-refractivity contribution in [2.24, 2.45) is 0 Å². The second kappa shape index (κ2) is 8.55. The number of carbonyl (C=O) groups is 2. The van der Waals surface area contributed by atoms with Gasteiger partial charge in [0.25, 0.3) is 0 Å². The molecule has 8 nitrogen and oxygen atoms in total. The zero-order valence-electron chi connectivity index (χ0n) is 10.4. The Balaban J connectivity index is 0.000000324. The first-order chi connectivity index (χ1) is 8.43. The summed E-state index contributed by atoms with van der Waals surface area (Å²) in [5.41, 5.74) is 0. The fourth-order valence-corrected chi connectivity index (χ4v) is 1.86. The van der Waals surface area contributed by atoms with Gasteiger partial charge < -0.3 is 40.6 Å². The summed E-state index contributed by atoms with van der Waals surface area (Å²) in [5.74, 6) is -2.44. The van der Waals surface area contributed by atoms with Gasteiger partial charge in [-0.25, -0.2) is 0 Å². The molecule has 0 amide bonds. The number of aliphatic hydroxyl groups is 2. The minimum absolute atomic E-state index is 0. The summed E-state index contributed by atoms with van der Waals surface area (Å²) in [4.78, 5) is 20.2. The van der Waals surface area contributed by atoms with Gasteiger partial charge in [0.15, 0.2) is 0 Å². The van der Waals surface area contributed by atoms with Crippen molar-refractivity contribution < 1.29 is 49.5 Å². The summed E-state index contributed by atoms with van der Waals surface area (Å²) in [6.07, 6.45) is -0.540. The molecule has 2 aliphatic rings. The van der Waals surface area contributed by atoms with Crippen LogP contribution in [0.1, 0.15) is 12.8 Å². The van der Waals surface area contributed by atoms with Crippen LogP contribution in [0.3, 0.4) is 0 Å².